The largest absolute Gasteiger partial charge is 0.343 e. The zero-order valence-corrected chi connectivity index (χ0v) is 11.1. The molecule has 0 spiro atoms. The molecule has 16 heavy (non-hydrogen) atoms. The summed E-state index contributed by atoms with van der Waals surface area (Å²) in [4.78, 5) is 13.2. The van der Waals surface area contributed by atoms with Crippen LogP contribution in [0.15, 0.2) is 0 Å². The first-order valence-corrected chi connectivity index (χ1v) is 6.83. The third-order valence-electron chi connectivity index (χ3n) is 2.92. The molecule has 2 nitrogen and oxygen atoms in total. The van der Waals surface area contributed by atoms with Gasteiger partial charge in [-0.2, -0.15) is 0 Å². The van der Waals surface area contributed by atoms with Crippen molar-refractivity contribution in [1.82, 2.24) is 4.90 Å². The standard InChI is InChI=1S/C14H28NO/c1-4-6-8-10-12-15(14(3)16)13-11-9-7-5-2/h3-13H2,1-2H3. The zero-order valence-electron chi connectivity index (χ0n) is 11.1. The Morgan fingerprint density at radius 3 is 1.62 bits per heavy atom. The number of carbonyl (C=O) groups is 1. The fourth-order valence-electron chi connectivity index (χ4n) is 1.82. The van der Waals surface area contributed by atoms with Gasteiger partial charge in [-0.15, -0.1) is 0 Å². The average Bonchev–Trinajstić information content (AvgIpc) is 2.26. The van der Waals surface area contributed by atoms with Crippen molar-refractivity contribution in [2.75, 3.05) is 13.1 Å². The lowest BCUT2D eigenvalue weighted by Crippen LogP contribution is -2.31. The predicted octanol–water partition coefficient (Wildman–Crippen LogP) is 3.81. The summed E-state index contributed by atoms with van der Waals surface area (Å²) < 4.78 is 0. The molecule has 0 heterocycles. The van der Waals surface area contributed by atoms with Gasteiger partial charge in [0.15, 0.2) is 0 Å². The third-order valence-corrected chi connectivity index (χ3v) is 2.92. The van der Waals surface area contributed by atoms with E-state index in [-0.39, 0.29) is 5.91 Å². The Morgan fingerprint density at radius 2 is 1.31 bits per heavy atom. The van der Waals surface area contributed by atoms with Gasteiger partial charge in [0.05, 0.1) is 0 Å². The summed E-state index contributed by atoms with van der Waals surface area (Å²) in [6, 6.07) is 0. The van der Waals surface area contributed by atoms with Crippen LogP contribution in [0.5, 0.6) is 0 Å². The Labute approximate surface area is 101 Å². The Bertz CT molecular complexity index is 156. The quantitative estimate of drug-likeness (QED) is 0.519. The van der Waals surface area contributed by atoms with E-state index in [0.717, 1.165) is 25.9 Å². The topological polar surface area (TPSA) is 20.3 Å². The van der Waals surface area contributed by atoms with Crippen molar-refractivity contribution in [2.45, 2.75) is 65.2 Å². The molecular formula is C14H28NO. The molecule has 0 aromatic carbocycles. The highest BCUT2D eigenvalue weighted by Gasteiger charge is 2.07. The van der Waals surface area contributed by atoms with Crippen LogP contribution >= 0.6 is 0 Å². The molecule has 1 amide bonds. The summed E-state index contributed by atoms with van der Waals surface area (Å²) in [6.07, 6.45) is 9.75. The van der Waals surface area contributed by atoms with Gasteiger partial charge in [0, 0.05) is 20.0 Å². The summed E-state index contributed by atoms with van der Waals surface area (Å²) >= 11 is 0. The van der Waals surface area contributed by atoms with E-state index in [1.807, 2.05) is 4.90 Å². The molecule has 0 saturated heterocycles. The van der Waals surface area contributed by atoms with E-state index in [0.29, 0.717) is 0 Å². The molecule has 0 aliphatic rings. The number of hydrogen-bond donors (Lipinski definition) is 0. The van der Waals surface area contributed by atoms with Crippen LogP contribution in [0.4, 0.5) is 0 Å². The van der Waals surface area contributed by atoms with E-state index < -0.39 is 0 Å². The summed E-state index contributed by atoms with van der Waals surface area (Å²) in [5, 5.41) is 0. The molecule has 0 aliphatic carbocycles. The highest BCUT2D eigenvalue weighted by Crippen LogP contribution is 2.05. The van der Waals surface area contributed by atoms with E-state index in [1.165, 1.54) is 38.5 Å². The van der Waals surface area contributed by atoms with Crippen LogP contribution in [0.25, 0.3) is 0 Å². The van der Waals surface area contributed by atoms with Crippen molar-refractivity contribution < 1.29 is 4.79 Å². The Balaban J connectivity index is 3.59. The van der Waals surface area contributed by atoms with Crippen LogP contribution in [0.3, 0.4) is 0 Å². The van der Waals surface area contributed by atoms with Gasteiger partial charge in [-0.05, 0) is 12.8 Å². The summed E-state index contributed by atoms with van der Waals surface area (Å²) in [5.74, 6) is -0.00648. The molecule has 0 N–H and O–H groups in total. The van der Waals surface area contributed by atoms with Crippen LogP contribution in [0, 0.1) is 6.92 Å². The maximum Gasteiger partial charge on any atom is 0.223 e. The van der Waals surface area contributed by atoms with Gasteiger partial charge in [-0.1, -0.05) is 52.4 Å². The van der Waals surface area contributed by atoms with E-state index in [4.69, 9.17) is 0 Å². The molecule has 0 bridgehead atoms. The van der Waals surface area contributed by atoms with Crippen molar-refractivity contribution >= 4 is 5.91 Å². The maximum atomic E-state index is 11.3. The first-order valence-electron chi connectivity index (χ1n) is 6.83. The van der Waals surface area contributed by atoms with Gasteiger partial charge in [-0.3, -0.25) is 4.79 Å². The Kier molecular flexibility index (Phi) is 10.6. The van der Waals surface area contributed by atoms with E-state index in [2.05, 4.69) is 20.8 Å². The SMILES string of the molecule is [CH2]C(=O)N(CCCCCC)CCCCCC. The summed E-state index contributed by atoms with van der Waals surface area (Å²) in [5.41, 5.74) is 0. The molecule has 0 aromatic heterocycles. The van der Waals surface area contributed by atoms with Gasteiger partial charge in [0.25, 0.3) is 0 Å². The van der Waals surface area contributed by atoms with E-state index in [9.17, 15) is 4.79 Å². The van der Waals surface area contributed by atoms with Crippen LogP contribution in [-0.2, 0) is 4.79 Å². The Morgan fingerprint density at radius 1 is 0.875 bits per heavy atom. The van der Waals surface area contributed by atoms with Gasteiger partial charge in [0.1, 0.15) is 0 Å². The molecule has 0 rings (SSSR count). The normalized spacial score (nSPS) is 10.4. The highest BCUT2D eigenvalue weighted by molar-refractivity contribution is 5.80. The number of unbranched alkanes of at least 4 members (excludes halogenated alkanes) is 6. The van der Waals surface area contributed by atoms with Gasteiger partial charge in [0.2, 0.25) is 5.91 Å². The van der Waals surface area contributed by atoms with E-state index in [1.54, 1.807) is 0 Å². The molecule has 0 aromatic rings. The van der Waals surface area contributed by atoms with Crippen molar-refractivity contribution in [3.8, 4) is 0 Å². The predicted molar refractivity (Wildman–Crippen MR) is 70.2 cm³/mol. The van der Waals surface area contributed by atoms with Crippen molar-refractivity contribution in [1.29, 1.82) is 0 Å². The lowest BCUT2D eigenvalue weighted by molar-refractivity contribution is -0.126. The van der Waals surface area contributed by atoms with Gasteiger partial charge >= 0.3 is 0 Å². The molecule has 0 saturated carbocycles. The molecular weight excluding hydrogens is 198 g/mol. The molecule has 95 valence electrons. The van der Waals surface area contributed by atoms with Gasteiger partial charge < -0.3 is 4.90 Å². The number of nitrogens with zero attached hydrogens (tertiary/aromatic N) is 1. The third kappa shape index (κ3) is 8.75. The van der Waals surface area contributed by atoms with Crippen LogP contribution in [0.2, 0.25) is 0 Å². The van der Waals surface area contributed by atoms with Crippen molar-refractivity contribution in [2.24, 2.45) is 0 Å². The highest BCUT2D eigenvalue weighted by atomic mass is 16.2. The Hall–Kier alpha value is -0.530. The maximum absolute atomic E-state index is 11.3. The first kappa shape index (κ1) is 15.5. The monoisotopic (exact) mass is 226 g/mol. The molecule has 0 atom stereocenters. The van der Waals surface area contributed by atoms with Crippen LogP contribution in [0.1, 0.15) is 65.2 Å². The fourth-order valence-corrected chi connectivity index (χ4v) is 1.82. The minimum Gasteiger partial charge on any atom is -0.343 e. The molecule has 2 heteroatoms. The molecule has 0 unspecified atom stereocenters. The summed E-state index contributed by atoms with van der Waals surface area (Å²) in [7, 11) is 0. The smallest absolute Gasteiger partial charge is 0.223 e. The number of rotatable bonds is 10. The first-order chi connectivity index (χ1) is 7.72. The van der Waals surface area contributed by atoms with Gasteiger partial charge in [-0.25, -0.2) is 0 Å². The van der Waals surface area contributed by atoms with Crippen LogP contribution in [-0.4, -0.2) is 23.9 Å². The minimum absolute atomic E-state index is 0.00648. The average molecular weight is 226 g/mol. The van der Waals surface area contributed by atoms with E-state index >= 15 is 0 Å². The fraction of sp³-hybridized carbons (Fsp3) is 0.857. The lowest BCUT2D eigenvalue weighted by Gasteiger charge is -2.20. The lowest BCUT2D eigenvalue weighted by atomic mass is 10.1. The molecule has 1 radical (unpaired) electrons. The number of hydrogen-bond acceptors (Lipinski definition) is 1. The molecule has 0 aliphatic heterocycles. The number of carbonyl (C=O) groups excluding carboxylic acids is 1. The van der Waals surface area contributed by atoms with Crippen LogP contribution < -0.4 is 0 Å². The van der Waals surface area contributed by atoms with Crippen molar-refractivity contribution in [3.63, 3.8) is 0 Å². The second-order valence-electron chi connectivity index (χ2n) is 4.50. The number of amides is 1. The minimum atomic E-state index is -0.00648. The molecule has 0 fully saturated rings. The summed E-state index contributed by atoms with van der Waals surface area (Å²) in [6.45, 7) is 9.73. The zero-order chi connectivity index (χ0) is 12.2. The second kappa shape index (κ2) is 11.0. The van der Waals surface area contributed by atoms with Crippen molar-refractivity contribution in [3.05, 3.63) is 6.92 Å². The second-order valence-corrected chi connectivity index (χ2v) is 4.50.